The molecule has 1 rings (SSSR count). The van der Waals surface area contributed by atoms with Crippen LogP contribution in [0.2, 0.25) is 0 Å². The van der Waals surface area contributed by atoms with E-state index in [4.69, 9.17) is 0 Å². The largest absolute Gasteiger partial charge is 0.467 e. The Hall–Kier alpha value is -2.13. The fourth-order valence-electron chi connectivity index (χ4n) is 0.894. The van der Waals surface area contributed by atoms with Crippen LogP contribution in [0.5, 0.6) is 0 Å². The smallest absolute Gasteiger partial charge is 0.358 e. The van der Waals surface area contributed by atoms with Gasteiger partial charge in [-0.1, -0.05) is 0 Å². The number of alkyl halides is 2. The molecule has 10 heteroatoms. The second kappa shape index (κ2) is 3.94. The van der Waals surface area contributed by atoms with E-state index < -0.39 is 34.3 Å². The zero-order valence-corrected chi connectivity index (χ0v) is 7.04. The van der Waals surface area contributed by atoms with E-state index in [9.17, 15) is 29.0 Å². The fraction of sp³-hybridized carbons (Fsp3) is 0.400. The van der Waals surface area contributed by atoms with Crippen LogP contribution in [0, 0.1) is 20.2 Å². The Bertz CT molecular complexity index is 372. The van der Waals surface area contributed by atoms with Crippen molar-refractivity contribution in [1.29, 1.82) is 0 Å². The van der Waals surface area contributed by atoms with Crippen LogP contribution in [-0.2, 0) is 6.54 Å². The molecule has 0 radical (unpaired) electrons. The summed E-state index contributed by atoms with van der Waals surface area (Å²) in [5, 5.41) is 23.6. The van der Waals surface area contributed by atoms with Crippen molar-refractivity contribution in [1.82, 2.24) is 9.78 Å². The maximum atomic E-state index is 11.9. The van der Waals surface area contributed by atoms with Gasteiger partial charge in [0.25, 0.3) is 6.43 Å². The van der Waals surface area contributed by atoms with E-state index in [1.807, 2.05) is 0 Å². The number of rotatable bonds is 4. The van der Waals surface area contributed by atoms with Gasteiger partial charge in [-0.05, 0) is 4.92 Å². The van der Waals surface area contributed by atoms with Crippen LogP contribution in [0.3, 0.4) is 0 Å². The summed E-state index contributed by atoms with van der Waals surface area (Å²) in [6.07, 6.45) is -2.19. The molecule has 0 N–H and O–H groups in total. The minimum absolute atomic E-state index is 0.473. The van der Waals surface area contributed by atoms with Gasteiger partial charge >= 0.3 is 11.5 Å². The van der Waals surface area contributed by atoms with Crippen LogP contribution in [0.15, 0.2) is 6.20 Å². The average Bonchev–Trinajstić information content (AvgIpc) is 2.46. The molecule has 0 amide bonds. The van der Waals surface area contributed by atoms with Gasteiger partial charge in [0.05, 0.1) is 10.0 Å². The summed E-state index contributed by atoms with van der Waals surface area (Å²) >= 11 is 0. The molecule has 82 valence electrons. The normalized spacial score (nSPS) is 10.6. The van der Waals surface area contributed by atoms with Gasteiger partial charge in [0.1, 0.15) is 12.7 Å². The Balaban J connectivity index is 3.09. The maximum absolute atomic E-state index is 11.9. The summed E-state index contributed by atoms with van der Waals surface area (Å²) in [7, 11) is 0. The molecule has 0 atom stereocenters. The molecule has 0 bridgehead atoms. The lowest BCUT2D eigenvalue weighted by Crippen LogP contribution is -2.07. The number of nitro groups is 2. The molecule has 1 aromatic rings. The SMILES string of the molecule is O=[N+]([O-])c1cn(CC(F)F)nc1[N+](=O)[O-]. The Labute approximate surface area is 80.4 Å². The Morgan fingerprint density at radius 2 is 2.00 bits per heavy atom. The lowest BCUT2D eigenvalue weighted by molar-refractivity contribution is -0.424. The summed E-state index contributed by atoms with van der Waals surface area (Å²) in [5.41, 5.74) is -0.902. The molecule has 0 aliphatic heterocycles. The lowest BCUT2D eigenvalue weighted by Gasteiger charge is -1.91. The molecule has 0 spiro atoms. The van der Waals surface area contributed by atoms with Crippen LogP contribution in [0.4, 0.5) is 20.3 Å². The highest BCUT2D eigenvalue weighted by molar-refractivity contribution is 5.44. The summed E-state index contributed by atoms with van der Waals surface area (Å²) in [6.45, 7) is -0.922. The van der Waals surface area contributed by atoms with Crippen LogP contribution in [-0.4, -0.2) is 26.1 Å². The van der Waals surface area contributed by atoms with Gasteiger partial charge < -0.3 is 10.1 Å². The van der Waals surface area contributed by atoms with E-state index in [2.05, 4.69) is 5.10 Å². The van der Waals surface area contributed by atoms with Crippen LogP contribution < -0.4 is 0 Å². The van der Waals surface area contributed by atoms with Crippen LogP contribution in [0.25, 0.3) is 0 Å². The summed E-state index contributed by atoms with van der Waals surface area (Å²) in [6, 6.07) is 0. The van der Waals surface area contributed by atoms with E-state index in [1.165, 1.54) is 0 Å². The summed E-state index contributed by atoms with van der Waals surface area (Å²) in [5.74, 6) is -1.04. The zero-order chi connectivity index (χ0) is 11.6. The van der Waals surface area contributed by atoms with Crippen LogP contribution >= 0.6 is 0 Å². The molecule has 8 nitrogen and oxygen atoms in total. The highest BCUT2D eigenvalue weighted by atomic mass is 19.3. The molecular formula is C5H4F2N4O4. The van der Waals surface area contributed by atoms with E-state index in [0.717, 1.165) is 0 Å². The molecule has 0 saturated carbocycles. The zero-order valence-electron chi connectivity index (χ0n) is 7.04. The molecule has 0 saturated heterocycles. The van der Waals surface area contributed by atoms with Crippen molar-refractivity contribution in [2.45, 2.75) is 13.0 Å². The van der Waals surface area contributed by atoms with Gasteiger partial charge in [0.15, 0.2) is 0 Å². The predicted molar refractivity (Wildman–Crippen MR) is 41.5 cm³/mol. The van der Waals surface area contributed by atoms with Crippen molar-refractivity contribution in [3.8, 4) is 0 Å². The average molecular weight is 222 g/mol. The van der Waals surface area contributed by atoms with E-state index in [1.54, 1.807) is 0 Å². The molecule has 0 aliphatic rings. The van der Waals surface area contributed by atoms with Gasteiger partial charge in [0.2, 0.25) is 0 Å². The third-order valence-corrected chi connectivity index (χ3v) is 1.42. The number of hydrogen-bond donors (Lipinski definition) is 0. The van der Waals surface area contributed by atoms with Gasteiger partial charge in [-0.15, -0.1) is 0 Å². The minimum Gasteiger partial charge on any atom is -0.358 e. The van der Waals surface area contributed by atoms with Gasteiger partial charge in [-0.2, -0.15) is 4.68 Å². The van der Waals surface area contributed by atoms with E-state index >= 15 is 0 Å². The van der Waals surface area contributed by atoms with Gasteiger partial charge in [0, 0.05) is 0 Å². The van der Waals surface area contributed by atoms with Crippen LogP contribution in [0.1, 0.15) is 0 Å². The van der Waals surface area contributed by atoms with E-state index in [0.29, 0.717) is 10.9 Å². The summed E-state index contributed by atoms with van der Waals surface area (Å²) in [4.78, 5) is 18.4. The second-order valence-electron chi connectivity index (χ2n) is 2.47. The number of aromatic nitrogens is 2. The highest BCUT2D eigenvalue weighted by Crippen LogP contribution is 2.24. The van der Waals surface area contributed by atoms with Crippen molar-refractivity contribution in [2.75, 3.05) is 0 Å². The first kappa shape index (κ1) is 10.9. The van der Waals surface area contributed by atoms with Gasteiger partial charge in [-0.25, -0.2) is 8.78 Å². The van der Waals surface area contributed by atoms with Crippen molar-refractivity contribution in [3.05, 3.63) is 26.4 Å². The first-order valence-corrected chi connectivity index (χ1v) is 3.56. The first-order chi connectivity index (χ1) is 6.91. The van der Waals surface area contributed by atoms with Crippen molar-refractivity contribution < 1.29 is 18.6 Å². The number of hydrogen-bond acceptors (Lipinski definition) is 5. The number of halogens is 2. The molecule has 0 fully saturated rings. The molecule has 15 heavy (non-hydrogen) atoms. The molecule has 1 heterocycles. The predicted octanol–water partition coefficient (Wildman–Crippen LogP) is 0.965. The second-order valence-corrected chi connectivity index (χ2v) is 2.47. The standard InChI is InChI=1S/C5H4F2N4O4/c6-4(7)2-9-1-3(10(12)13)5(8-9)11(14)15/h1,4H,2H2. The highest BCUT2D eigenvalue weighted by Gasteiger charge is 2.31. The van der Waals surface area contributed by atoms with Crippen molar-refractivity contribution in [2.24, 2.45) is 0 Å². The quantitative estimate of drug-likeness (QED) is 0.557. The van der Waals surface area contributed by atoms with Crippen molar-refractivity contribution >= 4 is 11.5 Å². The Morgan fingerprint density at radius 3 is 2.33 bits per heavy atom. The first-order valence-electron chi connectivity index (χ1n) is 3.56. The van der Waals surface area contributed by atoms with Crippen molar-refractivity contribution in [3.63, 3.8) is 0 Å². The fourth-order valence-corrected chi connectivity index (χ4v) is 0.894. The third kappa shape index (κ3) is 2.42. The summed E-state index contributed by atoms with van der Waals surface area (Å²) < 4.78 is 24.2. The molecular weight excluding hydrogens is 218 g/mol. The number of nitrogens with zero attached hydrogens (tertiary/aromatic N) is 4. The Morgan fingerprint density at radius 1 is 1.40 bits per heavy atom. The minimum atomic E-state index is -2.79. The molecule has 1 aromatic heterocycles. The van der Waals surface area contributed by atoms with E-state index in [-0.39, 0.29) is 0 Å². The monoisotopic (exact) mass is 222 g/mol. The molecule has 0 unspecified atom stereocenters. The third-order valence-electron chi connectivity index (χ3n) is 1.42. The maximum Gasteiger partial charge on any atom is 0.467 e. The molecule has 0 aliphatic carbocycles. The van der Waals surface area contributed by atoms with Gasteiger partial charge in [-0.3, -0.25) is 10.1 Å². The Kier molecular flexibility index (Phi) is 2.87. The lowest BCUT2D eigenvalue weighted by atomic mass is 10.5. The topological polar surface area (TPSA) is 104 Å². The molecule has 0 aromatic carbocycles.